The number of hydrogen-bond acceptors (Lipinski definition) is 7. The van der Waals surface area contributed by atoms with Gasteiger partial charge in [-0.1, -0.05) is 17.7 Å². The first kappa shape index (κ1) is 17.7. The van der Waals surface area contributed by atoms with Gasteiger partial charge in [0.05, 0.1) is 43.3 Å². The molecule has 0 spiro atoms. The molecule has 0 bridgehead atoms. The normalized spacial score (nSPS) is 14.4. The molecule has 4 aromatic rings. The summed E-state index contributed by atoms with van der Waals surface area (Å²) in [6.07, 6.45) is 3.50. The van der Waals surface area contributed by atoms with Crippen molar-refractivity contribution in [3.8, 4) is 5.69 Å². The number of benzene rings is 1. The second-order valence-corrected chi connectivity index (χ2v) is 7.03. The van der Waals surface area contributed by atoms with Crippen LogP contribution in [0.25, 0.3) is 16.7 Å². The van der Waals surface area contributed by atoms with Crippen LogP contribution in [0.3, 0.4) is 0 Å². The second-order valence-electron chi connectivity index (χ2n) is 7.03. The van der Waals surface area contributed by atoms with Crippen LogP contribution in [0.15, 0.2) is 53.3 Å². The Bertz CT molecular complexity index is 1100. The van der Waals surface area contributed by atoms with Crippen LogP contribution in [-0.2, 0) is 11.3 Å². The van der Waals surface area contributed by atoms with Gasteiger partial charge in [-0.2, -0.15) is 15.1 Å². The minimum atomic E-state index is 0.514. The predicted octanol–water partition coefficient (Wildman–Crippen LogP) is 3.17. The fourth-order valence-electron chi connectivity index (χ4n) is 3.44. The second kappa shape index (κ2) is 7.56. The van der Waals surface area contributed by atoms with E-state index in [2.05, 4.69) is 34.4 Å². The summed E-state index contributed by atoms with van der Waals surface area (Å²) < 4.78 is 12.8. The molecule has 1 fully saturated rings. The van der Waals surface area contributed by atoms with Gasteiger partial charge in [0.15, 0.2) is 5.65 Å². The zero-order valence-electron chi connectivity index (χ0n) is 16.2. The van der Waals surface area contributed by atoms with Crippen molar-refractivity contribution in [1.82, 2.24) is 19.7 Å². The van der Waals surface area contributed by atoms with E-state index in [1.165, 1.54) is 5.56 Å². The van der Waals surface area contributed by atoms with Crippen LogP contribution in [-0.4, -0.2) is 46.1 Å². The molecule has 1 aromatic carbocycles. The quantitative estimate of drug-likeness (QED) is 0.560. The summed E-state index contributed by atoms with van der Waals surface area (Å²) >= 11 is 0. The zero-order chi connectivity index (χ0) is 19.6. The molecule has 0 saturated carbocycles. The number of aryl methyl sites for hydroxylation is 1. The fraction of sp³-hybridized carbons (Fsp3) is 0.286. The number of rotatable bonds is 5. The van der Waals surface area contributed by atoms with Crippen molar-refractivity contribution in [1.29, 1.82) is 0 Å². The molecule has 0 atom stereocenters. The monoisotopic (exact) mass is 390 g/mol. The molecule has 8 heteroatoms. The summed E-state index contributed by atoms with van der Waals surface area (Å²) in [7, 11) is 0. The summed E-state index contributed by atoms with van der Waals surface area (Å²) in [6.45, 7) is 5.54. The van der Waals surface area contributed by atoms with E-state index in [4.69, 9.17) is 19.1 Å². The highest BCUT2D eigenvalue weighted by Crippen LogP contribution is 2.28. The maximum atomic E-state index is 5.51. The van der Waals surface area contributed by atoms with Crippen molar-refractivity contribution in [2.24, 2.45) is 0 Å². The van der Waals surface area contributed by atoms with Gasteiger partial charge in [0.2, 0.25) is 5.95 Å². The van der Waals surface area contributed by atoms with Gasteiger partial charge in [-0.15, -0.1) is 0 Å². The van der Waals surface area contributed by atoms with Crippen LogP contribution in [0.2, 0.25) is 0 Å². The number of hydrogen-bond donors (Lipinski definition) is 1. The maximum absolute atomic E-state index is 5.51. The highest BCUT2D eigenvalue weighted by molar-refractivity contribution is 5.89. The highest BCUT2D eigenvalue weighted by Gasteiger charge is 2.20. The first-order chi connectivity index (χ1) is 14.3. The van der Waals surface area contributed by atoms with Crippen LogP contribution in [0.5, 0.6) is 0 Å². The molecule has 3 aromatic heterocycles. The maximum Gasteiger partial charge on any atom is 0.227 e. The topological polar surface area (TPSA) is 81.2 Å². The lowest BCUT2D eigenvalue weighted by molar-refractivity contribution is 0.122. The van der Waals surface area contributed by atoms with E-state index in [1.807, 2.05) is 35.1 Å². The molecule has 0 aliphatic carbocycles. The van der Waals surface area contributed by atoms with Gasteiger partial charge < -0.3 is 19.4 Å². The molecule has 1 aliphatic rings. The van der Waals surface area contributed by atoms with Crippen LogP contribution < -0.4 is 10.2 Å². The van der Waals surface area contributed by atoms with Gasteiger partial charge in [-0.25, -0.2) is 4.68 Å². The molecule has 1 N–H and O–H groups in total. The van der Waals surface area contributed by atoms with Crippen molar-refractivity contribution in [3.05, 3.63) is 60.2 Å². The first-order valence-corrected chi connectivity index (χ1v) is 9.70. The molecule has 148 valence electrons. The van der Waals surface area contributed by atoms with Gasteiger partial charge >= 0.3 is 0 Å². The molecule has 1 aliphatic heterocycles. The third-order valence-corrected chi connectivity index (χ3v) is 5.00. The van der Waals surface area contributed by atoms with Crippen molar-refractivity contribution in [2.75, 3.05) is 36.5 Å². The van der Waals surface area contributed by atoms with E-state index >= 15 is 0 Å². The summed E-state index contributed by atoms with van der Waals surface area (Å²) in [6, 6.07) is 12.0. The summed E-state index contributed by atoms with van der Waals surface area (Å²) in [5.74, 6) is 2.25. The van der Waals surface area contributed by atoms with Crippen LogP contribution >= 0.6 is 0 Å². The number of morpholine rings is 1. The summed E-state index contributed by atoms with van der Waals surface area (Å²) in [4.78, 5) is 11.8. The lowest BCUT2D eigenvalue weighted by atomic mass is 10.2. The van der Waals surface area contributed by atoms with Crippen molar-refractivity contribution >= 4 is 22.8 Å². The summed E-state index contributed by atoms with van der Waals surface area (Å²) in [5.41, 5.74) is 2.94. The average molecular weight is 390 g/mol. The zero-order valence-corrected chi connectivity index (χ0v) is 16.2. The Hall–Kier alpha value is -3.39. The van der Waals surface area contributed by atoms with Gasteiger partial charge in [0.25, 0.3) is 0 Å². The van der Waals surface area contributed by atoms with E-state index in [0.29, 0.717) is 25.7 Å². The predicted molar refractivity (Wildman–Crippen MR) is 110 cm³/mol. The number of anilines is 2. The Morgan fingerprint density at radius 3 is 2.66 bits per heavy atom. The Kier molecular flexibility index (Phi) is 4.61. The first-order valence-electron chi connectivity index (χ1n) is 9.70. The largest absolute Gasteiger partial charge is 0.467 e. The molecule has 8 nitrogen and oxygen atoms in total. The van der Waals surface area contributed by atoms with Gasteiger partial charge in [0.1, 0.15) is 11.6 Å². The summed E-state index contributed by atoms with van der Waals surface area (Å²) in [5, 5.41) is 8.82. The standard InChI is InChI=1S/C21H22N6O2/c1-15-4-6-16(7-5-15)27-20-18(14-23-27)19(26-8-11-28-12-9-26)24-21(25-20)22-13-17-3-2-10-29-17/h2-7,10,14H,8-9,11-13H2,1H3,(H,22,24,25). The molecule has 0 amide bonds. The molecular formula is C21H22N6O2. The van der Waals surface area contributed by atoms with E-state index in [-0.39, 0.29) is 0 Å². The lowest BCUT2D eigenvalue weighted by Crippen LogP contribution is -2.37. The minimum absolute atomic E-state index is 0.514. The number of aromatic nitrogens is 4. The molecule has 0 unspecified atom stereocenters. The molecule has 5 rings (SSSR count). The van der Waals surface area contributed by atoms with E-state index < -0.39 is 0 Å². The number of furan rings is 1. The Balaban J connectivity index is 1.58. The average Bonchev–Trinajstić information content (AvgIpc) is 3.43. The van der Waals surface area contributed by atoms with Crippen molar-refractivity contribution in [2.45, 2.75) is 13.5 Å². The van der Waals surface area contributed by atoms with Crippen molar-refractivity contribution in [3.63, 3.8) is 0 Å². The third kappa shape index (κ3) is 3.54. The lowest BCUT2D eigenvalue weighted by Gasteiger charge is -2.28. The molecule has 1 saturated heterocycles. The van der Waals surface area contributed by atoms with E-state index in [1.54, 1.807) is 6.26 Å². The highest BCUT2D eigenvalue weighted by atomic mass is 16.5. The molecular weight excluding hydrogens is 368 g/mol. The third-order valence-electron chi connectivity index (χ3n) is 5.00. The number of fused-ring (bicyclic) bond motifs is 1. The number of ether oxygens (including phenoxy) is 1. The smallest absolute Gasteiger partial charge is 0.227 e. The van der Waals surface area contributed by atoms with Crippen molar-refractivity contribution < 1.29 is 9.15 Å². The molecule has 4 heterocycles. The van der Waals surface area contributed by atoms with E-state index in [9.17, 15) is 0 Å². The Morgan fingerprint density at radius 2 is 1.90 bits per heavy atom. The molecule has 29 heavy (non-hydrogen) atoms. The van der Waals surface area contributed by atoms with Gasteiger partial charge in [-0.3, -0.25) is 0 Å². The minimum Gasteiger partial charge on any atom is -0.467 e. The van der Waals surface area contributed by atoms with Gasteiger partial charge in [-0.05, 0) is 31.2 Å². The van der Waals surface area contributed by atoms with Crippen LogP contribution in [0.4, 0.5) is 11.8 Å². The van der Waals surface area contributed by atoms with Crippen LogP contribution in [0.1, 0.15) is 11.3 Å². The fourth-order valence-corrected chi connectivity index (χ4v) is 3.44. The Morgan fingerprint density at radius 1 is 1.07 bits per heavy atom. The molecule has 0 radical (unpaired) electrons. The number of nitrogens with one attached hydrogen (secondary N) is 1. The number of nitrogens with zero attached hydrogens (tertiary/aromatic N) is 5. The van der Waals surface area contributed by atoms with E-state index in [0.717, 1.165) is 41.4 Å². The van der Waals surface area contributed by atoms with Crippen LogP contribution in [0, 0.1) is 6.92 Å². The Labute approximate surface area is 168 Å². The SMILES string of the molecule is Cc1ccc(-n2ncc3c(N4CCOCC4)nc(NCc4ccco4)nc32)cc1. The van der Waals surface area contributed by atoms with Gasteiger partial charge in [0, 0.05) is 13.1 Å².